The number of benzene rings is 1. The maximum atomic E-state index is 12.4. The van der Waals surface area contributed by atoms with Crippen LogP contribution in [-0.2, 0) is 22.6 Å². The van der Waals surface area contributed by atoms with E-state index in [0.717, 1.165) is 28.8 Å². The Morgan fingerprint density at radius 3 is 2.69 bits per heavy atom. The van der Waals surface area contributed by atoms with Gasteiger partial charge in [-0.3, -0.25) is 14.7 Å². The van der Waals surface area contributed by atoms with Crippen molar-refractivity contribution in [2.45, 2.75) is 33.0 Å². The van der Waals surface area contributed by atoms with Crippen molar-refractivity contribution in [2.24, 2.45) is 0 Å². The van der Waals surface area contributed by atoms with E-state index in [-0.39, 0.29) is 18.6 Å². The number of carbonyl (C=O) groups is 2. The zero-order valence-electron chi connectivity index (χ0n) is 17.9. The lowest BCUT2D eigenvalue weighted by Crippen LogP contribution is -2.33. The molecule has 0 saturated carbocycles. The minimum Gasteiger partial charge on any atom is -0.442 e. The molecule has 2 amide bonds. The van der Waals surface area contributed by atoms with Gasteiger partial charge >= 0.3 is 6.09 Å². The van der Waals surface area contributed by atoms with E-state index in [1.807, 2.05) is 37.3 Å². The number of nitrogens with one attached hydrogen (secondary N) is 1. The smallest absolute Gasteiger partial charge is 0.414 e. The summed E-state index contributed by atoms with van der Waals surface area (Å²) in [6.07, 6.45) is 1.70. The van der Waals surface area contributed by atoms with Crippen LogP contribution in [0.4, 0.5) is 10.5 Å². The fraction of sp³-hybridized carbons (Fsp3) is 0.304. The molecule has 9 nitrogen and oxygen atoms in total. The second kappa shape index (κ2) is 9.19. The van der Waals surface area contributed by atoms with Crippen molar-refractivity contribution in [2.75, 3.05) is 18.0 Å². The second-order valence-electron chi connectivity index (χ2n) is 7.52. The maximum Gasteiger partial charge on any atom is 0.414 e. The third-order valence-electron chi connectivity index (χ3n) is 5.28. The Labute approximate surface area is 185 Å². The third kappa shape index (κ3) is 4.47. The van der Waals surface area contributed by atoms with E-state index in [4.69, 9.17) is 14.4 Å². The Kier molecular flexibility index (Phi) is 6.18. The fourth-order valence-corrected chi connectivity index (χ4v) is 3.62. The molecule has 0 aliphatic carbocycles. The first-order valence-corrected chi connectivity index (χ1v) is 10.4. The van der Waals surface area contributed by atoms with Gasteiger partial charge in [0.05, 0.1) is 24.5 Å². The standard InChI is InChI=1S/C23H24N4O5/c1-3-15-8-16(17-4-6-20(25-10-17)21-9-18(13-28)32-26-21)5-7-22(15)27-12-19(31-23(27)30)11-24-14(2)29/h4-10,19,28H,3,11-13H2,1-2H3,(H,24,29). The number of aliphatic hydroxyl groups is 1. The molecule has 1 aromatic carbocycles. The number of cyclic esters (lactones) is 1. The SMILES string of the molecule is CCc1cc(-c2ccc(-c3cc(CO)on3)nc2)ccc1N1CC(CNC(C)=O)OC1=O. The number of aliphatic hydroxyl groups excluding tert-OH is 1. The summed E-state index contributed by atoms with van der Waals surface area (Å²) in [5.41, 5.74) is 4.92. The number of amides is 2. The lowest BCUT2D eigenvalue weighted by Gasteiger charge is -2.18. The molecule has 9 heteroatoms. The van der Waals surface area contributed by atoms with E-state index < -0.39 is 6.09 Å². The molecular formula is C23H24N4O5. The lowest BCUT2D eigenvalue weighted by atomic mass is 10.0. The van der Waals surface area contributed by atoms with Gasteiger partial charge in [0.15, 0.2) is 5.76 Å². The number of hydrogen-bond acceptors (Lipinski definition) is 7. The van der Waals surface area contributed by atoms with Crippen molar-refractivity contribution >= 4 is 17.7 Å². The van der Waals surface area contributed by atoms with Crippen molar-refractivity contribution in [1.82, 2.24) is 15.5 Å². The van der Waals surface area contributed by atoms with Crippen LogP contribution >= 0.6 is 0 Å². The predicted molar refractivity (Wildman–Crippen MR) is 117 cm³/mol. The highest BCUT2D eigenvalue weighted by Gasteiger charge is 2.33. The summed E-state index contributed by atoms with van der Waals surface area (Å²) in [6, 6.07) is 11.3. The Morgan fingerprint density at radius 2 is 2.03 bits per heavy atom. The normalized spacial score (nSPS) is 15.7. The molecule has 1 unspecified atom stereocenters. The minimum absolute atomic E-state index is 0.157. The van der Waals surface area contributed by atoms with Gasteiger partial charge in [0.1, 0.15) is 18.4 Å². The van der Waals surface area contributed by atoms with E-state index in [1.165, 1.54) is 6.92 Å². The highest BCUT2D eigenvalue weighted by atomic mass is 16.6. The molecule has 0 bridgehead atoms. The van der Waals surface area contributed by atoms with Crippen molar-refractivity contribution < 1.29 is 24.0 Å². The monoisotopic (exact) mass is 436 g/mol. The fourth-order valence-electron chi connectivity index (χ4n) is 3.62. The number of ether oxygens (including phenoxy) is 1. The molecule has 32 heavy (non-hydrogen) atoms. The van der Waals surface area contributed by atoms with Gasteiger partial charge in [-0.1, -0.05) is 24.2 Å². The topological polar surface area (TPSA) is 118 Å². The van der Waals surface area contributed by atoms with E-state index in [9.17, 15) is 9.59 Å². The zero-order valence-corrected chi connectivity index (χ0v) is 17.9. The Hall–Kier alpha value is -3.72. The predicted octanol–water partition coefficient (Wildman–Crippen LogP) is 2.92. The van der Waals surface area contributed by atoms with Gasteiger partial charge in [-0.25, -0.2) is 4.79 Å². The van der Waals surface area contributed by atoms with Crippen molar-refractivity contribution in [3.8, 4) is 22.5 Å². The number of carbonyl (C=O) groups excluding carboxylic acids is 2. The van der Waals surface area contributed by atoms with Crippen LogP contribution in [-0.4, -0.2) is 46.4 Å². The molecule has 3 heterocycles. The van der Waals surface area contributed by atoms with Gasteiger partial charge in [0.25, 0.3) is 0 Å². The van der Waals surface area contributed by atoms with E-state index >= 15 is 0 Å². The first-order chi connectivity index (χ1) is 15.5. The molecule has 1 saturated heterocycles. The highest BCUT2D eigenvalue weighted by molar-refractivity contribution is 5.91. The average Bonchev–Trinajstić information content (AvgIpc) is 3.44. The maximum absolute atomic E-state index is 12.4. The van der Waals surface area contributed by atoms with Crippen LogP contribution in [0.15, 0.2) is 47.1 Å². The quantitative estimate of drug-likeness (QED) is 0.585. The summed E-state index contributed by atoms with van der Waals surface area (Å²) >= 11 is 0. The average molecular weight is 436 g/mol. The summed E-state index contributed by atoms with van der Waals surface area (Å²) in [7, 11) is 0. The van der Waals surface area contributed by atoms with Crippen LogP contribution in [0.3, 0.4) is 0 Å². The summed E-state index contributed by atoms with van der Waals surface area (Å²) in [4.78, 5) is 29.6. The first kappa shape index (κ1) is 21.5. The third-order valence-corrected chi connectivity index (χ3v) is 5.28. The second-order valence-corrected chi connectivity index (χ2v) is 7.52. The molecule has 2 aromatic heterocycles. The Balaban J connectivity index is 1.53. The number of aromatic nitrogens is 2. The van der Waals surface area contributed by atoms with Crippen LogP contribution in [0, 0.1) is 0 Å². The molecule has 0 radical (unpaired) electrons. The number of hydrogen-bond donors (Lipinski definition) is 2. The molecule has 4 rings (SSSR count). The molecule has 1 atom stereocenters. The summed E-state index contributed by atoms with van der Waals surface area (Å²) in [5.74, 6) is 0.226. The summed E-state index contributed by atoms with van der Waals surface area (Å²) in [6.45, 7) is 3.93. The number of aryl methyl sites for hydroxylation is 1. The first-order valence-electron chi connectivity index (χ1n) is 10.4. The molecule has 1 aliphatic rings. The van der Waals surface area contributed by atoms with Gasteiger partial charge in [-0.15, -0.1) is 0 Å². The number of rotatable bonds is 7. The van der Waals surface area contributed by atoms with Crippen LogP contribution in [0.1, 0.15) is 25.2 Å². The largest absolute Gasteiger partial charge is 0.442 e. The summed E-state index contributed by atoms with van der Waals surface area (Å²) < 4.78 is 10.4. The molecule has 1 fully saturated rings. The highest BCUT2D eigenvalue weighted by Crippen LogP contribution is 2.31. The van der Waals surface area contributed by atoms with E-state index in [0.29, 0.717) is 30.2 Å². The van der Waals surface area contributed by atoms with E-state index in [1.54, 1.807) is 17.2 Å². The molecule has 166 valence electrons. The number of nitrogens with zero attached hydrogens (tertiary/aromatic N) is 3. The van der Waals surface area contributed by atoms with Gasteiger partial charge in [0, 0.05) is 24.8 Å². The molecular weight excluding hydrogens is 412 g/mol. The van der Waals surface area contributed by atoms with Crippen molar-refractivity contribution in [3.63, 3.8) is 0 Å². The van der Waals surface area contributed by atoms with Crippen LogP contribution < -0.4 is 10.2 Å². The van der Waals surface area contributed by atoms with Gasteiger partial charge in [0.2, 0.25) is 5.91 Å². The molecule has 1 aliphatic heterocycles. The number of anilines is 1. The Morgan fingerprint density at radius 1 is 1.22 bits per heavy atom. The lowest BCUT2D eigenvalue weighted by molar-refractivity contribution is -0.119. The van der Waals surface area contributed by atoms with Crippen LogP contribution in [0.5, 0.6) is 0 Å². The van der Waals surface area contributed by atoms with Crippen LogP contribution in [0.2, 0.25) is 0 Å². The van der Waals surface area contributed by atoms with Crippen molar-refractivity contribution in [3.05, 3.63) is 53.9 Å². The van der Waals surface area contributed by atoms with Crippen molar-refractivity contribution in [1.29, 1.82) is 0 Å². The minimum atomic E-state index is -0.413. The van der Waals surface area contributed by atoms with E-state index in [2.05, 4.69) is 15.5 Å². The molecule has 2 N–H and O–H groups in total. The van der Waals surface area contributed by atoms with Gasteiger partial charge < -0.3 is 19.7 Å². The Bertz CT molecular complexity index is 1130. The van der Waals surface area contributed by atoms with Gasteiger partial charge in [-0.05, 0) is 35.7 Å². The molecule has 0 spiro atoms. The summed E-state index contributed by atoms with van der Waals surface area (Å²) in [5, 5.41) is 15.7. The zero-order chi connectivity index (χ0) is 22.7. The van der Waals surface area contributed by atoms with Gasteiger partial charge in [-0.2, -0.15) is 0 Å². The number of pyridine rings is 1. The van der Waals surface area contributed by atoms with Crippen LogP contribution in [0.25, 0.3) is 22.5 Å². The molecule has 3 aromatic rings.